The average molecular weight is 565 g/mol. The number of rotatable bonds is 8. The molecule has 2 unspecified atom stereocenters. The van der Waals surface area contributed by atoms with Gasteiger partial charge in [0.15, 0.2) is 0 Å². The molecule has 3 fully saturated rings. The Hall–Kier alpha value is -4.08. The Labute approximate surface area is 245 Å². The van der Waals surface area contributed by atoms with Gasteiger partial charge in [-0.3, -0.25) is 4.79 Å². The predicted molar refractivity (Wildman–Crippen MR) is 163 cm³/mol. The summed E-state index contributed by atoms with van der Waals surface area (Å²) in [6.45, 7) is 5.57. The SMILES string of the molecule is Cc1ccc2c(NC(=O)CC3CC34CCOC4)cccc2c1Oc1ncccc1-c1ccnc(N[C@H]2CCCNC2)n1. The molecule has 1 saturated carbocycles. The highest BCUT2D eigenvalue weighted by Crippen LogP contribution is 2.59. The van der Waals surface area contributed by atoms with Gasteiger partial charge in [-0.1, -0.05) is 24.3 Å². The highest BCUT2D eigenvalue weighted by Gasteiger charge is 2.56. The van der Waals surface area contributed by atoms with E-state index in [-0.39, 0.29) is 11.3 Å². The second-order valence-corrected chi connectivity index (χ2v) is 11.8. The van der Waals surface area contributed by atoms with E-state index in [9.17, 15) is 4.79 Å². The van der Waals surface area contributed by atoms with Crippen LogP contribution in [0.2, 0.25) is 0 Å². The number of pyridine rings is 1. The number of anilines is 2. The smallest absolute Gasteiger partial charge is 0.228 e. The van der Waals surface area contributed by atoms with Crippen molar-refractivity contribution in [1.82, 2.24) is 20.3 Å². The van der Waals surface area contributed by atoms with Crippen LogP contribution in [-0.2, 0) is 9.53 Å². The van der Waals surface area contributed by atoms with Gasteiger partial charge in [-0.05, 0) is 80.3 Å². The molecule has 2 aliphatic heterocycles. The van der Waals surface area contributed by atoms with Crippen LogP contribution in [0.5, 0.6) is 11.6 Å². The van der Waals surface area contributed by atoms with Crippen LogP contribution in [0, 0.1) is 18.3 Å². The molecule has 4 aromatic rings. The zero-order valence-corrected chi connectivity index (χ0v) is 23.9. The van der Waals surface area contributed by atoms with E-state index in [1.54, 1.807) is 12.4 Å². The van der Waals surface area contributed by atoms with E-state index in [0.717, 1.165) is 85.3 Å². The van der Waals surface area contributed by atoms with E-state index in [2.05, 4.69) is 25.9 Å². The van der Waals surface area contributed by atoms with Crippen molar-refractivity contribution in [1.29, 1.82) is 0 Å². The van der Waals surface area contributed by atoms with Crippen molar-refractivity contribution in [3.63, 3.8) is 0 Å². The number of ether oxygens (including phenoxy) is 2. The Bertz CT molecular complexity index is 1610. The molecular weight excluding hydrogens is 528 g/mol. The van der Waals surface area contributed by atoms with Crippen molar-refractivity contribution in [3.8, 4) is 22.9 Å². The van der Waals surface area contributed by atoms with Gasteiger partial charge < -0.3 is 25.4 Å². The zero-order chi connectivity index (χ0) is 28.5. The molecule has 3 N–H and O–H groups in total. The molecule has 0 radical (unpaired) electrons. The van der Waals surface area contributed by atoms with Crippen molar-refractivity contribution in [2.45, 2.75) is 45.1 Å². The summed E-state index contributed by atoms with van der Waals surface area (Å²) in [5.41, 5.74) is 3.50. The van der Waals surface area contributed by atoms with E-state index in [0.29, 0.717) is 36.0 Å². The van der Waals surface area contributed by atoms with Crippen LogP contribution in [0.25, 0.3) is 22.0 Å². The first kappa shape index (κ1) is 26.8. The minimum Gasteiger partial charge on any atom is -0.437 e. The minimum absolute atomic E-state index is 0.0449. The van der Waals surface area contributed by atoms with Gasteiger partial charge in [-0.15, -0.1) is 0 Å². The number of nitrogens with zero attached hydrogens (tertiary/aromatic N) is 3. The van der Waals surface area contributed by atoms with Crippen LogP contribution in [0.3, 0.4) is 0 Å². The molecule has 1 spiro atoms. The summed E-state index contributed by atoms with van der Waals surface area (Å²) in [6.07, 6.45) is 8.38. The highest BCUT2D eigenvalue weighted by molar-refractivity contribution is 6.04. The first-order valence-electron chi connectivity index (χ1n) is 14.9. The maximum atomic E-state index is 13.0. The van der Waals surface area contributed by atoms with E-state index >= 15 is 0 Å². The molecule has 4 heterocycles. The largest absolute Gasteiger partial charge is 0.437 e. The first-order valence-corrected chi connectivity index (χ1v) is 14.9. The van der Waals surface area contributed by atoms with E-state index < -0.39 is 0 Å². The highest BCUT2D eigenvalue weighted by atomic mass is 16.5. The molecular formula is C33H36N6O3. The van der Waals surface area contributed by atoms with E-state index in [4.69, 9.17) is 14.5 Å². The molecule has 3 atom stereocenters. The fraction of sp³-hybridized carbons (Fsp3) is 0.394. The molecule has 216 valence electrons. The number of aromatic nitrogens is 3. The summed E-state index contributed by atoms with van der Waals surface area (Å²) >= 11 is 0. The van der Waals surface area contributed by atoms with Crippen molar-refractivity contribution in [2.75, 3.05) is 36.9 Å². The number of piperidine rings is 1. The molecule has 9 heteroatoms. The van der Waals surface area contributed by atoms with Crippen LogP contribution in [0.1, 0.15) is 37.7 Å². The third-order valence-corrected chi connectivity index (χ3v) is 8.94. The zero-order valence-electron chi connectivity index (χ0n) is 23.9. The molecule has 2 aromatic heterocycles. The number of aryl methyl sites for hydroxylation is 1. The minimum atomic E-state index is 0.0449. The number of carbonyl (C=O) groups excluding carboxylic acids is 1. The number of hydrogen-bond donors (Lipinski definition) is 3. The molecule has 2 saturated heterocycles. The van der Waals surface area contributed by atoms with Crippen LogP contribution >= 0.6 is 0 Å². The summed E-state index contributed by atoms with van der Waals surface area (Å²) in [4.78, 5) is 26.9. The summed E-state index contributed by atoms with van der Waals surface area (Å²) < 4.78 is 12.2. The van der Waals surface area contributed by atoms with Crippen molar-refractivity contribution in [2.24, 2.45) is 11.3 Å². The number of fused-ring (bicyclic) bond motifs is 1. The fourth-order valence-corrected chi connectivity index (χ4v) is 6.43. The maximum absolute atomic E-state index is 13.0. The van der Waals surface area contributed by atoms with Gasteiger partial charge in [0.1, 0.15) is 5.75 Å². The normalized spacial score (nSPS) is 23.2. The molecule has 3 aliphatic rings. The van der Waals surface area contributed by atoms with Crippen LogP contribution in [0.4, 0.5) is 11.6 Å². The number of carbonyl (C=O) groups is 1. The maximum Gasteiger partial charge on any atom is 0.228 e. The second-order valence-electron chi connectivity index (χ2n) is 11.8. The third kappa shape index (κ3) is 5.42. The van der Waals surface area contributed by atoms with Crippen LogP contribution in [-0.4, -0.2) is 53.2 Å². The first-order chi connectivity index (χ1) is 20.6. The Balaban J connectivity index is 1.14. The van der Waals surface area contributed by atoms with E-state index in [1.807, 2.05) is 55.5 Å². The Kier molecular flexibility index (Phi) is 7.21. The third-order valence-electron chi connectivity index (χ3n) is 8.94. The van der Waals surface area contributed by atoms with Gasteiger partial charge in [0, 0.05) is 54.5 Å². The van der Waals surface area contributed by atoms with Gasteiger partial charge in [0.2, 0.25) is 17.7 Å². The Morgan fingerprint density at radius 3 is 2.93 bits per heavy atom. The van der Waals surface area contributed by atoms with Gasteiger partial charge in [-0.2, -0.15) is 0 Å². The Morgan fingerprint density at radius 1 is 1.12 bits per heavy atom. The summed E-state index contributed by atoms with van der Waals surface area (Å²) in [6, 6.07) is 16.0. The monoisotopic (exact) mass is 564 g/mol. The molecule has 1 amide bonds. The van der Waals surface area contributed by atoms with Crippen molar-refractivity contribution < 1.29 is 14.3 Å². The predicted octanol–water partition coefficient (Wildman–Crippen LogP) is 5.71. The average Bonchev–Trinajstić information content (AvgIpc) is 3.44. The Morgan fingerprint density at radius 2 is 2.07 bits per heavy atom. The standard InChI is InChI=1S/C33H36N6O3/c1-21-9-10-24-25(6-2-8-27(24)38-29(40)17-22-18-33(22)12-16-41-20-33)30(21)42-31-26(7-4-14-35-31)28-11-15-36-32(39-28)37-23-5-3-13-34-19-23/h2,4,6-11,14-15,22-23,34H,3,5,12-13,16-20H2,1H3,(H,38,40)(H,36,37,39)/t22?,23-,33?/m0/s1. The number of benzene rings is 2. The lowest BCUT2D eigenvalue weighted by atomic mass is 10.0. The van der Waals surface area contributed by atoms with Gasteiger partial charge >= 0.3 is 0 Å². The van der Waals surface area contributed by atoms with Crippen LogP contribution < -0.4 is 20.7 Å². The molecule has 1 aliphatic carbocycles. The second kappa shape index (κ2) is 11.3. The lowest BCUT2D eigenvalue weighted by molar-refractivity contribution is -0.116. The van der Waals surface area contributed by atoms with Gasteiger partial charge in [-0.25, -0.2) is 15.0 Å². The quantitative estimate of drug-likeness (QED) is 0.250. The molecule has 42 heavy (non-hydrogen) atoms. The number of nitrogens with one attached hydrogen (secondary N) is 3. The van der Waals surface area contributed by atoms with Crippen LogP contribution in [0.15, 0.2) is 60.9 Å². The van der Waals surface area contributed by atoms with Crippen molar-refractivity contribution >= 4 is 28.3 Å². The van der Waals surface area contributed by atoms with Gasteiger partial charge in [0.05, 0.1) is 17.9 Å². The molecule has 9 nitrogen and oxygen atoms in total. The summed E-state index contributed by atoms with van der Waals surface area (Å²) in [7, 11) is 0. The van der Waals surface area contributed by atoms with Crippen molar-refractivity contribution in [3.05, 3.63) is 66.5 Å². The lowest BCUT2D eigenvalue weighted by Gasteiger charge is -2.23. The van der Waals surface area contributed by atoms with E-state index in [1.165, 1.54) is 0 Å². The summed E-state index contributed by atoms with van der Waals surface area (Å²) in [5, 5.41) is 11.9. The lowest BCUT2D eigenvalue weighted by Crippen LogP contribution is -2.38. The fourth-order valence-electron chi connectivity index (χ4n) is 6.43. The summed E-state index contributed by atoms with van der Waals surface area (Å²) in [5.74, 6) is 2.21. The molecule has 0 bridgehead atoms. The number of hydrogen-bond acceptors (Lipinski definition) is 8. The topological polar surface area (TPSA) is 110 Å². The number of amides is 1. The van der Waals surface area contributed by atoms with Gasteiger partial charge in [0.25, 0.3) is 0 Å². The molecule has 7 rings (SSSR count). The molecule has 2 aromatic carbocycles.